The molecule has 3 N–H and O–H groups in total. The highest BCUT2D eigenvalue weighted by Crippen LogP contribution is 2.24. The van der Waals surface area contributed by atoms with Crippen LogP contribution in [-0.2, 0) is 29.0 Å². The number of piperazine rings is 1. The molecule has 0 bridgehead atoms. The number of hydrogen-bond acceptors (Lipinski definition) is 10. The van der Waals surface area contributed by atoms with Crippen LogP contribution in [0.3, 0.4) is 0 Å². The van der Waals surface area contributed by atoms with Gasteiger partial charge in [-0.05, 0) is 63.6 Å². The molecule has 2 unspecified atom stereocenters. The molecule has 3 aliphatic rings. The number of carbonyl (C=O) groups is 6. The standard InChI is InChI=1S/C33H42FN7O10/c1-2-50-51-29(43)12-11-24(32(46)38-14-16-39(17-15-38)33(47)48)36-30(44)25-19-28(41(37-25)23-9-3-6-21(34)18-23)49-20-27(42)40-13-5-10-26(40)31(45)35-22-7-4-8-22/h3,6,9,18-19,22,24,26H,2,4-5,7-8,10-17,20H2,1H3,(H,35,45)(H,36,44)(H,47,48). The zero-order valence-corrected chi connectivity index (χ0v) is 28.3. The fourth-order valence-electron chi connectivity index (χ4n) is 6.03. The first-order chi connectivity index (χ1) is 24.5. The minimum Gasteiger partial charge on any atom is -0.467 e. The number of nitrogens with zero attached hydrogens (tertiary/aromatic N) is 5. The molecule has 1 saturated carbocycles. The lowest BCUT2D eigenvalue weighted by molar-refractivity contribution is -0.269. The summed E-state index contributed by atoms with van der Waals surface area (Å²) >= 11 is 0. The Morgan fingerprint density at radius 1 is 1.00 bits per heavy atom. The summed E-state index contributed by atoms with van der Waals surface area (Å²) in [5.74, 6) is -3.49. The topological polar surface area (TPSA) is 202 Å². The van der Waals surface area contributed by atoms with E-state index in [1.165, 1.54) is 34.1 Å². The summed E-state index contributed by atoms with van der Waals surface area (Å²) in [5.41, 5.74) is -0.0657. The van der Waals surface area contributed by atoms with Crippen LogP contribution in [-0.4, -0.2) is 129 Å². The summed E-state index contributed by atoms with van der Waals surface area (Å²) in [6.07, 6.45) is 2.46. The van der Waals surface area contributed by atoms with Gasteiger partial charge in [-0.1, -0.05) is 6.07 Å². The Balaban J connectivity index is 1.31. The molecule has 3 heterocycles. The van der Waals surface area contributed by atoms with Crippen LogP contribution < -0.4 is 15.4 Å². The van der Waals surface area contributed by atoms with Gasteiger partial charge in [0, 0.05) is 44.8 Å². The number of aromatic nitrogens is 2. The normalized spacial score (nSPS) is 18.1. The van der Waals surface area contributed by atoms with Crippen molar-refractivity contribution in [2.24, 2.45) is 0 Å². The molecular weight excluding hydrogens is 673 g/mol. The Kier molecular flexibility index (Phi) is 12.4. The third-order valence-corrected chi connectivity index (χ3v) is 9.01. The Morgan fingerprint density at radius 3 is 2.41 bits per heavy atom. The highest BCUT2D eigenvalue weighted by molar-refractivity contribution is 5.96. The Bertz CT molecular complexity index is 1610. The number of halogens is 1. The van der Waals surface area contributed by atoms with Crippen molar-refractivity contribution >= 4 is 35.7 Å². The van der Waals surface area contributed by atoms with Crippen molar-refractivity contribution in [2.45, 2.75) is 70.0 Å². The number of likely N-dealkylation sites (tertiary alicyclic amines) is 1. The lowest BCUT2D eigenvalue weighted by Gasteiger charge is -2.35. The molecule has 276 valence electrons. The molecule has 2 aromatic rings. The van der Waals surface area contributed by atoms with Crippen LogP contribution in [0.4, 0.5) is 9.18 Å². The van der Waals surface area contributed by atoms with Gasteiger partial charge in [-0.3, -0.25) is 24.1 Å². The SMILES string of the molecule is CCOOC(=O)CCC(NC(=O)c1cc(OCC(=O)N2CCCC2C(=O)NC2CCC2)n(-c2cccc(F)c2)n1)C(=O)N1CCN(C(=O)O)CC1. The molecule has 0 spiro atoms. The van der Waals surface area contributed by atoms with Crippen molar-refractivity contribution in [3.63, 3.8) is 0 Å². The second kappa shape index (κ2) is 17.1. The maximum Gasteiger partial charge on any atom is 0.407 e. The van der Waals surface area contributed by atoms with Crippen LogP contribution in [0.2, 0.25) is 0 Å². The first-order valence-corrected chi connectivity index (χ1v) is 17.0. The predicted molar refractivity (Wildman–Crippen MR) is 174 cm³/mol. The van der Waals surface area contributed by atoms with Gasteiger partial charge < -0.3 is 35.2 Å². The smallest absolute Gasteiger partial charge is 0.407 e. The molecule has 1 aliphatic carbocycles. The predicted octanol–water partition coefficient (Wildman–Crippen LogP) is 1.25. The minimum atomic E-state index is -1.24. The van der Waals surface area contributed by atoms with Gasteiger partial charge >= 0.3 is 12.1 Å². The first-order valence-electron chi connectivity index (χ1n) is 17.0. The molecule has 18 heteroatoms. The van der Waals surface area contributed by atoms with Crippen molar-refractivity contribution in [3.8, 4) is 11.6 Å². The summed E-state index contributed by atoms with van der Waals surface area (Å²) in [6.45, 7) is 1.87. The van der Waals surface area contributed by atoms with Gasteiger partial charge in [-0.25, -0.2) is 18.7 Å². The van der Waals surface area contributed by atoms with Crippen molar-refractivity contribution in [3.05, 3.63) is 41.8 Å². The van der Waals surface area contributed by atoms with Crippen molar-refractivity contribution in [1.29, 1.82) is 0 Å². The largest absolute Gasteiger partial charge is 0.467 e. The molecule has 2 atom stereocenters. The number of ether oxygens (including phenoxy) is 1. The van der Waals surface area contributed by atoms with E-state index < -0.39 is 54.3 Å². The lowest BCUT2D eigenvalue weighted by atomic mass is 9.93. The van der Waals surface area contributed by atoms with E-state index in [1.54, 1.807) is 6.92 Å². The van der Waals surface area contributed by atoms with E-state index >= 15 is 0 Å². The molecular formula is C33H42FN7O10. The van der Waals surface area contributed by atoms with E-state index in [1.807, 2.05) is 0 Å². The van der Waals surface area contributed by atoms with Gasteiger partial charge in [-0.15, -0.1) is 0 Å². The van der Waals surface area contributed by atoms with E-state index in [-0.39, 0.29) is 74.8 Å². The summed E-state index contributed by atoms with van der Waals surface area (Å²) < 4.78 is 21.2. The van der Waals surface area contributed by atoms with Gasteiger partial charge in [0.1, 0.15) is 17.9 Å². The Morgan fingerprint density at radius 2 is 1.75 bits per heavy atom. The summed E-state index contributed by atoms with van der Waals surface area (Å²) in [6, 6.07) is 4.80. The molecule has 3 fully saturated rings. The summed E-state index contributed by atoms with van der Waals surface area (Å²) in [7, 11) is 0. The van der Waals surface area contributed by atoms with Crippen LogP contribution in [0.1, 0.15) is 62.4 Å². The van der Waals surface area contributed by atoms with Crippen LogP contribution in [0.15, 0.2) is 30.3 Å². The number of nitrogens with one attached hydrogen (secondary N) is 2. The summed E-state index contributed by atoms with van der Waals surface area (Å²) in [4.78, 5) is 90.2. The van der Waals surface area contributed by atoms with Crippen LogP contribution >= 0.6 is 0 Å². The minimum absolute atomic E-state index is 0.0644. The first kappa shape index (κ1) is 37.0. The third-order valence-electron chi connectivity index (χ3n) is 9.01. The van der Waals surface area contributed by atoms with E-state index in [2.05, 4.69) is 25.5 Å². The molecule has 2 aliphatic heterocycles. The molecule has 1 aromatic carbocycles. The Labute approximate surface area is 292 Å². The lowest BCUT2D eigenvalue weighted by Crippen LogP contribution is -2.55. The van der Waals surface area contributed by atoms with E-state index in [0.29, 0.717) is 19.4 Å². The molecule has 0 radical (unpaired) electrons. The highest BCUT2D eigenvalue weighted by Gasteiger charge is 2.36. The average molecular weight is 716 g/mol. The second-order valence-electron chi connectivity index (χ2n) is 12.5. The number of amides is 5. The van der Waals surface area contributed by atoms with E-state index in [0.717, 1.165) is 34.9 Å². The van der Waals surface area contributed by atoms with Gasteiger partial charge in [0.25, 0.3) is 11.8 Å². The quantitative estimate of drug-likeness (QED) is 0.188. The van der Waals surface area contributed by atoms with E-state index in [4.69, 9.17) is 4.74 Å². The number of benzene rings is 1. The molecule has 5 amide bonds. The monoisotopic (exact) mass is 715 g/mol. The van der Waals surface area contributed by atoms with Crippen molar-refractivity contribution in [1.82, 2.24) is 35.1 Å². The zero-order valence-electron chi connectivity index (χ0n) is 28.3. The number of carboxylic acid groups (broad SMARTS) is 1. The summed E-state index contributed by atoms with van der Waals surface area (Å²) in [5, 5.41) is 19.2. The van der Waals surface area contributed by atoms with Crippen molar-refractivity contribution in [2.75, 3.05) is 45.9 Å². The van der Waals surface area contributed by atoms with Crippen LogP contribution in [0, 0.1) is 5.82 Å². The maximum absolute atomic E-state index is 14.3. The maximum atomic E-state index is 14.3. The molecule has 1 aromatic heterocycles. The second-order valence-corrected chi connectivity index (χ2v) is 12.5. The highest BCUT2D eigenvalue weighted by atomic mass is 19.1. The van der Waals surface area contributed by atoms with Crippen LogP contribution in [0.5, 0.6) is 5.88 Å². The Hall–Kier alpha value is -5.26. The number of carbonyl (C=O) groups excluding carboxylic acids is 5. The van der Waals surface area contributed by atoms with Gasteiger partial charge in [-0.2, -0.15) is 9.99 Å². The third kappa shape index (κ3) is 9.50. The average Bonchev–Trinajstić information content (AvgIpc) is 3.78. The van der Waals surface area contributed by atoms with E-state index in [9.17, 15) is 38.3 Å². The van der Waals surface area contributed by atoms with Crippen LogP contribution in [0.25, 0.3) is 5.69 Å². The molecule has 17 nitrogen and oxygen atoms in total. The molecule has 2 saturated heterocycles. The fourth-order valence-corrected chi connectivity index (χ4v) is 6.03. The zero-order chi connectivity index (χ0) is 36.5. The van der Waals surface area contributed by atoms with Gasteiger partial charge in [0.2, 0.25) is 17.7 Å². The fraction of sp³-hybridized carbons (Fsp3) is 0.545. The molecule has 51 heavy (non-hydrogen) atoms. The number of rotatable bonds is 14. The number of hydrogen-bond donors (Lipinski definition) is 3. The van der Waals surface area contributed by atoms with Crippen molar-refractivity contribution < 1.29 is 52.8 Å². The van der Waals surface area contributed by atoms with Gasteiger partial charge in [0.15, 0.2) is 12.3 Å². The van der Waals surface area contributed by atoms with Gasteiger partial charge in [0.05, 0.1) is 18.7 Å². The molecule has 5 rings (SSSR count).